The Bertz CT molecular complexity index is 392. The lowest BCUT2D eigenvalue weighted by molar-refractivity contribution is 0.183. The molecule has 1 saturated carbocycles. The van der Waals surface area contributed by atoms with Gasteiger partial charge in [0.15, 0.2) is 0 Å². The molecule has 0 aromatic carbocycles. The van der Waals surface area contributed by atoms with Gasteiger partial charge in [-0.05, 0) is 43.9 Å². The highest BCUT2D eigenvalue weighted by Gasteiger charge is 2.22. The van der Waals surface area contributed by atoms with Crippen molar-refractivity contribution in [2.45, 2.75) is 38.3 Å². The fourth-order valence-electron chi connectivity index (χ4n) is 2.07. The molecule has 0 atom stereocenters. The molecule has 0 bridgehead atoms. The van der Waals surface area contributed by atoms with Crippen molar-refractivity contribution in [1.82, 2.24) is 15.2 Å². The third-order valence-electron chi connectivity index (χ3n) is 3.45. The highest BCUT2D eigenvalue weighted by molar-refractivity contribution is 5.74. The molecule has 0 aliphatic heterocycles. The zero-order valence-corrected chi connectivity index (χ0v) is 11.2. The van der Waals surface area contributed by atoms with E-state index in [2.05, 4.69) is 10.3 Å². The van der Waals surface area contributed by atoms with Crippen molar-refractivity contribution in [1.29, 1.82) is 0 Å². The number of pyridine rings is 1. The molecule has 1 aromatic rings. The first-order chi connectivity index (χ1) is 9.29. The summed E-state index contributed by atoms with van der Waals surface area (Å²) in [5.41, 5.74) is 6.58. The minimum atomic E-state index is 0.0157. The molecule has 19 heavy (non-hydrogen) atoms. The van der Waals surface area contributed by atoms with Gasteiger partial charge in [0.2, 0.25) is 0 Å². The maximum absolute atomic E-state index is 12.2. The number of carbonyl (C=O) groups excluding carboxylic acids is 1. The first-order valence-electron chi connectivity index (χ1n) is 6.94. The lowest BCUT2D eigenvalue weighted by Crippen LogP contribution is -2.47. The standard InChI is InChI=1S/C14H22N4O/c15-7-3-9-18(11-12-4-2-8-16-10-12)14(19)17-13-5-1-6-13/h2,4,8,10,13H,1,3,5-7,9,11,15H2,(H,17,19). The maximum Gasteiger partial charge on any atom is 0.317 e. The second kappa shape index (κ2) is 7.09. The van der Waals surface area contributed by atoms with Crippen LogP contribution >= 0.6 is 0 Å². The molecule has 2 amide bonds. The van der Waals surface area contributed by atoms with Crippen LogP contribution in [-0.4, -0.2) is 35.0 Å². The van der Waals surface area contributed by atoms with Gasteiger partial charge in [0, 0.05) is 31.5 Å². The van der Waals surface area contributed by atoms with Crippen LogP contribution in [-0.2, 0) is 6.54 Å². The molecule has 0 radical (unpaired) electrons. The molecule has 3 N–H and O–H groups in total. The quantitative estimate of drug-likeness (QED) is 0.816. The Kier molecular flexibility index (Phi) is 5.15. The Labute approximate surface area is 114 Å². The molecule has 0 saturated heterocycles. The fourth-order valence-corrected chi connectivity index (χ4v) is 2.07. The average Bonchev–Trinajstić information content (AvgIpc) is 2.39. The van der Waals surface area contributed by atoms with Gasteiger partial charge in [0.25, 0.3) is 0 Å². The van der Waals surface area contributed by atoms with Crippen LogP contribution in [0.2, 0.25) is 0 Å². The minimum Gasteiger partial charge on any atom is -0.335 e. The fraction of sp³-hybridized carbons (Fsp3) is 0.571. The smallest absolute Gasteiger partial charge is 0.317 e. The van der Waals surface area contributed by atoms with E-state index in [4.69, 9.17) is 5.73 Å². The van der Waals surface area contributed by atoms with E-state index in [9.17, 15) is 4.79 Å². The molecule has 5 nitrogen and oxygen atoms in total. The summed E-state index contributed by atoms with van der Waals surface area (Å²) in [5.74, 6) is 0. The van der Waals surface area contributed by atoms with E-state index in [-0.39, 0.29) is 6.03 Å². The second-order valence-electron chi connectivity index (χ2n) is 5.00. The summed E-state index contributed by atoms with van der Waals surface area (Å²) in [4.78, 5) is 18.1. The predicted octanol–water partition coefficient (Wildman–Crippen LogP) is 1.49. The lowest BCUT2D eigenvalue weighted by atomic mass is 9.93. The maximum atomic E-state index is 12.2. The van der Waals surface area contributed by atoms with Gasteiger partial charge in [0.05, 0.1) is 0 Å². The second-order valence-corrected chi connectivity index (χ2v) is 5.00. The van der Waals surface area contributed by atoms with Gasteiger partial charge in [-0.2, -0.15) is 0 Å². The summed E-state index contributed by atoms with van der Waals surface area (Å²) in [6.45, 7) is 1.87. The third kappa shape index (κ3) is 4.21. The summed E-state index contributed by atoms with van der Waals surface area (Å²) in [7, 11) is 0. The highest BCUT2D eigenvalue weighted by atomic mass is 16.2. The van der Waals surface area contributed by atoms with Crippen molar-refractivity contribution in [2.24, 2.45) is 5.73 Å². The van der Waals surface area contributed by atoms with Crippen molar-refractivity contribution in [2.75, 3.05) is 13.1 Å². The zero-order chi connectivity index (χ0) is 13.5. The molecular weight excluding hydrogens is 240 g/mol. The van der Waals surface area contributed by atoms with Gasteiger partial charge in [-0.25, -0.2) is 4.79 Å². The first-order valence-corrected chi connectivity index (χ1v) is 6.94. The molecule has 1 fully saturated rings. The SMILES string of the molecule is NCCCN(Cc1cccnc1)C(=O)NC1CCC1. The Hall–Kier alpha value is -1.62. The molecule has 1 aliphatic carbocycles. The number of nitrogens with one attached hydrogen (secondary N) is 1. The van der Waals surface area contributed by atoms with Crippen LogP contribution in [0.5, 0.6) is 0 Å². The summed E-state index contributed by atoms with van der Waals surface area (Å²) in [6.07, 6.45) is 7.77. The molecule has 1 heterocycles. The number of rotatable bonds is 6. The van der Waals surface area contributed by atoms with E-state index in [1.807, 2.05) is 17.0 Å². The van der Waals surface area contributed by atoms with Gasteiger partial charge in [0.1, 0.15) is 0 Å². The van der Waals surface area contributed by atoms with Crippen molar-refractivity contribution >= 4 is 6.03 Å². The molecule has 0 spiro atoms. The summed E-state index contributed by atoms with van der Waals surface area (Å²) in [6, 6.07) is 4.25. The van der Waals surface area contributed by atoms with Crippen molar-refractivity contribution in [3.63, 3.8) is 0 Å². The number of hydrogen-bond donors (Lipinski definition) is 2. The van der Waals surface area contributed by atoms with Crippen LogP contribution in [0.25, 0.3) is 0 Å². The molecule has 104 valence electrons. The van der Waals surface area contributed by atoms with Crippen LogP contribution in [0.1, 0.15) is 31.2 Å². The third-order valence-corrected chi connectivity index (χ3v) is 3.45. The van der Waals surface area contributed by atoms with E-state index in [1.165, 1.54) is 6.42 Å². The lowest BCUT2D eigenvalue weighted by Gasteiger charge is -2.30. The van der Waals surface area contributed by atoms with E-state index in [0.717, 1.165) is 24.8 Å². The van der Waals surface area contributed by atoms with Gasteiger partial charge in [-0.15, -0.1) is 0 Å². The monoisotopic (exact) mass is 262 g/mol. The Morgan fingerprint density at radius 2 is 2.37 bits per heavy atom. The van der Waals surface area contributed by atoms with E-state index < -0.39 is 0 Å². The minimum absolute atomic E-state index is 0.0157. The van der Waals surface area contributed by atoms with Crippen LogP contribution in [0, 0.1) is 0 Å². The number of amides is 2. The zero-order valence-electron chi connectivity index (χ0n) is 11.2. The summed E-state index contributed by atoms with van der Waals surface area (Å²) < 4.78 is 0. The Morgan fingerprint density at radius 3 is 2.95 bits per heavy atom. The van der Waals surface area contributed by atoms with Crippen LogP contribution < -0.4 is 11.1 Å². The highest BCUT2D eigenvalue weighted by Crippen LogP contribution is 2.18. The number of carbonyl (C=O) groups is 1. The van der Waals surface area contributed by atoms with Crippen LogP contribution in [0.15, 0.2) is 24.5 Å². The van der Waals surface area contributed by atoms with Crippen molar-refractivity contribution in [3.8, 4) is 0 Å². The van der Waals surface area contributed by atoms with Crippen LogP contribution in [0.3, 0.4) is 0 Å². The van der Waals surface area contributed by atoms with Gasteiger partial charge in [-0.1, -0.05) is 6.07 Å². The van der Waals surface area contributed by atoms with Gasteiger partial charge < -0.3 is 16.0 Å². The predicted molar refractivity (Wildman–Crippen MR) is 74.5 cm³/mol. The van der Waals surface area contributed by atoms with Crippen molar-refractivity contribution < 1.29 is 4.79 Å². The first kappa shape index (κ1) is 13.8. The van der Waals surface area contributed by atoms with E-state index in [0.29, 0.717) is 25.7 Å². The molecule has 1 aliphatic rings. The Balaban J connectivity index is 1.91. The number of nitrogens with two attached hydrogens (primary N) is 1. The molecule has 1 aromatic heterocycles. The van der Waals surface area contributed by atoms with Crippen molar-refractivity contribution in [3.05, 3.63) is 30.1 Å². The topological polar surface area (TPSA) is 71.2 Å². The number of nitrogens with zero attached hydrogens (tertiary/aromatic N) is 2. The average molecular weight is 262 g/mol. The normalized spacial score (nSPS) is 14.8. The Morgan fingerprint density at radius 1 is 1.53 bits per heavy atom. The summed E-state index contributed by atoms with van der Waals surface area (Å²) >= 11 is 0. The molecular formula is C14H22N4O. The molecule has 0 unspecified atom stereocenters. The molecule has 2 rings (SSSR count). The summed E-state index contributed by atoms with van der Waals surface area (Å²) in [5, 5.41) is 3.07. The number of hydrogen-bond acceptors (Lipinski definition) is 3. The number of urea groups is 1. The van der Waals surface area contributed by atoms with Gasteiger partial charge in [-0.3, -0.25) is 4.98 Å². The van der Waals surface area contributed by atoms with E-state index >= 15 is 0 Å². The molecule has 5 heteroatoms. The van der Waals surface area contributed by atoms with Crippen LogP contribution in [0.4, 0.5) is 4.79 Å². The van der Waals surface area contributed by atoms with Gasteiger partial charge >= 0.3 is 6.03 Å². The van der Waals surface area contributed by atoms with E-state index in [1.54, 1.807) is 12.4 Å². The largest absolute Gasteiger partial charge is 0.335 e. The number of aromatic nitrogens is 1.